The number of fused-ring (bicyclic) bond motifs is 1. The van der Waals surface area contributed by atoms with Crippen molar-refractivity contribution in [3.8, 4) is 11.5 Å². The largest absolute Gasteiger partial charge is 0.453 e. The van der Waals surface area contributed by atoms with Crippen molar-refractivity contribution in [3.05, 3.63) is 87.2 Å². The van der Waals surface area contributed by atoms with Crippen LogP contribution in [0.25, 0.3) is 10.9 Å². The predicted octanol–water partition coefficient (Wildman–Crippen LogP) is 6.94. The van der Waals surface area contributed by atoms with Gasteiger partial charge in [-0.3, -0.25) is 9.78 Å². The number of carbonyl (C=O) groups excluding carboxylic acids is 1. The molecule has 4 aromatic rings. The second-order valence-corrected chi connectivity index (χ2v) is 7.59. The highest BCUT2D eigenvalue weighted by Gasteiger charge is 2.18. The molecule has 0 aliphatic carbocycles. The van der Waals surface area contributed by atoms with Crippen molar-refractivity contribution < 1.29 is 9.53 Å². The molecule has 1 amide bonds. The van der Waals surface area contributed by atoms with Gasteiger partial charge in [0, 0.05) is 23.3 Å². The Kier molecular flexibility index (Phi) is 5.77. The number of aromatic nitrogens is 2. The smallest absolute Gasteiger partial charge is 0.258 e. The summed E-state index contributed by atoms with van der Waals surface area (Å²) in [5.41, 5.74) is 2.05. The summed E-state index contributed by atoms with van der Waals surface area (Å²) in [6.07, 6.45) is 3.25. The van der Waals surface area contributed by atoms with Crippen LogP contribution in [0.4, 0.5) is 5.69 Å². The van der Waals surface area contributed by atoms with Crippen LogP contribution in [0.5, 0.6) is 11.5 Å². The van der Waals surface area contributed by atoms with E-state index in [0.717, 1.165) is 5.56 Å². The van der Waals surface area contributed by atoms with E-state index >= 15 is 0 Å². The van der Waals surface area contributed by atoms with Crippen LogP contribution in [-0.2, 0) is 0 Å². The molecule has 5 nitrogen and oxygen atoms in total. The number of pyridine rings is 2. The van der Waals surface area contributed by atoms with Crippen LogP contribution >= 0.6 is 34.8 Å². The molecule has 0 aliphatic rings. The Hall–Kier alpha value is -2.86. The minimum Gasteiger partial charge on any atom is -0.453 e. The van der Waals surface area contributed by atoms with E-state index in [1.54, 1.807) is 54.9 Å². The summed E-state index contributed by atoms with van der Waals surface area (Å²) in [4.78, 5) is 21.3. The molecular weight excluding hydrogens is 445 g/mol. The zero-order chi connectivity index (χ0) is 21.3. The van der Waals surface area contributed by atoms with Gasteiger partial charge in [0.05, 0.1) is 26.8 Å². The number of rotatable bonds is 4. The van der Waals surface area contributed by atoms with Crippen LogP contribution in [-0.4, -0.2) is 15.9 Å². The first-order valence-corrected chi connectivity index (χ1v) is 10.0. The van der Waals surface area contributed by atoms with E-state index in [0.29, 0.717) is 28.1 Å². The normalized spacial score (nSPS) is 10.8. The van der Waals surface area contributed by atoms with Gasteiger partial charge in [-0.05, 0) is 43.3 Å². The first-order chi connectivity index (χ1) is 14.5. The van der Waals surface area contributed by atoms with Crippen LogP contribution in [0, 0.1) is 6.92 Å². The molecule has 150 valence electrons. The van der Waals surface area contributed by atoms with Crippen molar-refractivity contribution >= 4 is 57.3 Å². The number of halogens is 3. The average molecular weight is 459 g/mol. The molecule has 2 heterocycles. The Labute approximate surface area is 187 Å². The second-order valence-electron chi connectivity index (χ2n) is 6.42. The fourth-order valence-electron chi connectivity index (χ4n) is 2.99. The molecule has 0 spiro atoms. The molecule has 2 aromatic carbocycles. The van der Waals surface area contributed by atoms with E-state index in [2.05, 4.69) is 15.3 Å². The number of aryl methyl sites for hydroxylation is 1. The van der Waals surface area contributed by atoms with E-state index < -0.39 is 5.91 Å². The van der Waals surface area contributed by atoms with E-state index in [-0.39, 0.29) is 20.8 Å². The number of amides is 1. The van der Waals surface area contributed by atoms with Gasteiger partial charge in [0.15, 0.2) is 10.9 Å². The highest BCUT2D eigenvalue weighted by Crippen LogP contribution is 2.37. The number of ether oxygens (including phenoxy) is 1. The summed E-state index contributed by atoms with van der Waals surface area (Å²) in [5, 5.41) is 4.32. The zero-order valence-electron chi connectivity index (χ0n) is 15.6. The molecule has 8 heteroatoms. The van der Waals surface area contributed by atoms with Crippen molar-refractivity contribution in [2.45, 2.75) is 6.92 Å². The SMILES string of the molecule is Cc1cnc2c(NC(=O)c3c(Cl)cccc3Cl)cccc2c1Oc1cccnc1Cl. The topological polar surface area (TPSA) is 64.1 Å². The molecule has 2 aromatic heterocycles. The Morgan fingerprint density at radius 2 is 1.70 bits per heavy atom. The van der Waals surface area contributed by atoms with Crippen molar-refractivity contribution in [1.82, 2.24) is 9.97 Å². The number of carbonyl (C=O) groups is 1. The van der Waals surface area contributed by atoms with Crippen molar-refractivity contribution in [2.24, 2.45) is 0 Å². The third kappa shape index (κ3) is 3.92. The summed E-state index contributed by atoms with van der Waals surface area (Å²) in [6, 6.07) is 13.8. The Morgan fingerprint density at radius 3 is 2.43 bits per heavy atom. The summed E-state index contributed by atoms with van der Waals surface area (Å²) in [7, 11) is 0. The molecule has 0 aliphatic heterocycles. The maximum Gasteiger partial charge on any atom is 0.258 e. The molecule has 0 unspecified atom stereocenters. The fraction of sp³-hybridized carbons (Fsp3) is 0.0455. The molecule has 0 bridgehead atoms. The lowest BCUT2D eigenvalue weighted by Crippen LogP contribution is -2.13. The fourth-order valence-corrected chi connectivity index (χ4v) is 3.72. The Morgan fingerprint density at radius 1 is 0.967 bits per heavy atom. The summed E-state index contributed by atoms with van der Waals surface area (Å²) in [6.45, 7) is 1.88. The van der Waals surface area contributed by atoms with E-state index in [4.69, 9.17) is 39.5 Å². The Bertz CT molecular complexity index is 1260. The standard InChI is InChI=1S/C22H14Cl3N3O2/c1-12-11-27-19-13(20(12)30-17-9-4-10-26-21(17)25)5-2-8-16(19)28-22(29)18-14(23)6-3-7-15(18)24/h2-11H,1H3,(H,28,29). The van der Waals surface area contributed by atoms with Gasteiger partial charge in [-0.2, -0.15) is 0 Å². The molecular formula is C22H14Cl3N3O2. The molecule has 0 saturated carbocycles. The van der Waals surface area contributed by atoms with Gasteiger partial charge >= 0.3 is 0 Å². The number of benzene rings is 2. The quantitative estimate of drug-likeness (QED) is 0.336. The van der Waals surface area contributed by atoms with Gasteiger partial charge in [0.2, 0.25) is 0 Å². The lowest BCUT2D eigenvalue weighted by atomic mass is 10.1. The molecule has 30 heavy (non-hydrogen) atoms. The van der Waals surface area contributed by atoms with Crippen LogP contribution < -0.4 is 10.1 Å². The van der Waals surface area contributed by atoms with Gasteiger partial charge < -0.3 is 10.1 Å². The lowest BCUT2D eigenvalue weighted by molar-refractivity contribution is 0.102. The molecule has 4 rings (SSSR count). The molecule has 0 saturated heterocycles. The number of para-hydroxylation sites is 1. The van der Waals surface area contributed by atoms with Crippen LogP contribution in [0.1, 0.15) is 15.9 Å². The minimum absolute atomic E-state index is 0.198. The number of nitrogens with one attached hydrogen (secondary N) is 1. The van der Waals surface area contributed by atoms with Crippen LogP contribution in [0.2, 0.25) is 15.2 Å². The number of hydrogen-bond donors (Lipinski definition) is 1. The zero-order valence-corrected chi connectivity index (χ0v) is 17.9. The minimum atomic E-state index is -0.432. The van der Waals surface area contributed by atoms with Gasteiger partial charge in [-0.15, -0.1) is 0 Å². The number of anilines is 1. The van der Waals surface area contributed by atoms with Crippen molar-refractivity contribution in [2.75, 3.05) is 5.32 Å². The maximum absolute atomic E-state index is 12.8. The second kappa shape index (κ2) is 8.48. The molecule has 0 fully saturated rings. The molecule has 1 N–H and O–H groups in total. The first kappa shape index (κ1) is 20.4. The first-order valence-electron chi connectivity index (χ1n) is 8.87. The van der Waals surface area contributed by atoms with Gasteiger partial charge in [-0.1, -0.05) is 46.9 Å². The summed E-state index contributed by atoms with van der Waals surface area (Å²) in [5.74, 6) is 0.562. The third-order valence-electron chi connectivity index (χ3n) is 4.40. The third-order valence-corrected chi connectivity index (χ3v) is 5.31. The maximum atomic E-state index is 12.8. The van der Waals surface area contributed by atoms with E-state index in [9.17, 15) is 4.79 Å². The van der Waals surface area contributed by atoms with Gasteiger partial charge in [0.1, 0.15) is 5.75 Å². The number of nitrogens with zero attached hydrogens (tertiary/aromatic N) is 2. The highest BCUT2D eigenvalue weighted by atomic mass is 35.5. The number of hydrogen-bond acceptors (Lipinski definition) is 4. The molecule has 0 atom stereocenters. The monoisotopic (exact) mass is 457 g/mol. The lowest BCUT2D eigenvalue weighted by Gasteiger charge is -2.15. The van der Waals surface area contributed by atoms with E-state index in [1.165, 1.54) is 0 Å². The predicted molar refractivity (Wildman–Crippen MR) is 120 cm³/mol. The van der Waals surface area contributed by atoms with Crippen molar-refractivity contribution in [3.63, 3.8) is 0 Å². The average Bonchev–Trinajstić information content (AvgIpc) is 2.71. The Balaban J connectivity index is 1.76. The van der Waals surface area contributed by atoms with Gasteiger partial charge in [-0.25, -0.2) is 4.98 Å². The van der Waals surface area contributed by atoms with Crippen LogP contribution in [0.15, 0.2) is 60.9 Å². The van der Waals surface area contributed by atoms with E-state index in [1.807, 2.05) is 13.0 Å². The summed E-state index contributed by atoms with van der Waals surface area (Å²) >= 11 is 18.5. The van der Waals surface area contributed by atoms with Crippen LogP contribution in [0.3, 0.4) is 0 Å². The van der Waals surface area contributed by atoms with Crippen molar-refractivity contribution in [1.29, 1.82) is 0 Å². The molecule has 0 radical (unpaired) electrons. The summed E-state index contributed by atoms with van der Waals surface area (Å²) < 4.78 is 6.05. The highest BCUT2D eigenvalue weighted by molar-refractivity contribution is 6.40. The van der Waals surface area contributed by atoms with Gasteiger partial charge in [0.25, 0.3) is 5.91 Å².